The Balaban J connectivity index is 1.63. The smallest absolute Gasteiger partial charge is 0.265 e. The molecular weight excluding hydrogens is 368 g/mol. The normalized spacial score (nSPS) is 20.7. The van der Waals surface area contributed by atoms with Crippen LogP contribution in [0.4, 0.5) is 0 Å². The number of aryl methyl sites for hydroxylation is 1. The van der Waals surface area contributed by atoms with Gasteiger partial charge in [-0.05, 0) is 37.7 Å². The zero-order chi connectivity index (χ0) is 19.8. The molecule has 3 heterocycles. The Morgan fingerprint density at radius 1 is 1.07 bits per heavy atom. The van der Waals surface area contributed by atoms with Crippen LogP contribution in [0.2, 0.25) is 0 Å². The lowest BCUT2D eigenvalue weighted by Crippen LogP contribution is -2.46. The first-order valence-corrected chi connectivity index (χ1v) is 10.9. The van der Waals surface area contributed by atoms with Crippen LogP contribution in [0.25, 0.3) is 0 Å². The maximum atomic E-state index is 12.9. The molecule has 8 nitrogen and oxygen atoms in total. The van der Waals surface area contributed by atoms with E-state index in [1.54, 1.807) is 7.05 Å². The Morgan fingerprint density at radius 3 is 2.19 bits per heavy atom. The summed E-state index contributed by atoms with van der Waals surface area (Å²) in [5, 5.41) is 0. The molecule has 0 aromatic carbocycles. The largest absolute Gasteiger partial charge is 0.364 e. The number of likely N-dealkylation sites (tertiary alicyclic amines) is 1. The average molecular weight is 397 g/mol. The molecule has 0 spiro atoms. The number of carbonyl (C=O) groups is 2. The third-order valence-electron chi connectivity index (χ3n) is 5.77. The fourth-order valence-electron chi connectivity index (χ4n) is 3.90. The summed E-state index contributed by atoms with van der Waals surface area (Å²) in [4.78, 5) is 26.1. The van der Waals surface area contributed by atoms with Crippen molar-refractivity contribution >= 4 is 21.8 Å². The van der Waals surface area contributed by atoms with Crippen LogP contribution >= 0.6 is 0 Å². The minimum Gasteiger partial charge on any atom is -0.364 e. The van der Waals surface area contributed by atoms with Crippen LogP contribution in [0, 0.1) is 11.8 Å². The molecule has 2 aliphatic heterocycles. The molecule has 2 saturated heterocycles. The summed E-state index contributed by atoms with van der Waals surface area (Å²) in [6.45, 7) is 4.43. The molecule has 0 aliphatic carbocycles. The van der Waals surface area contributed by atoms with E-state index in [1.807, 2.05) is 4.90 Å². The van der Waals surface area contributed by atoms with Gasteiger partial charge in [-0.2, -0.15) is 4.31 Å². The van der Waals surface area contributed by atoms with Crippen LogP contribution in [-0.2, 0) is 21.9 Å². The predicted molar refractivity (Wildman–Crippen MR) is 100 cm³/mol. The highest BCUT2D eigenvalue weighted by molar-refractivity contribution is 7.89. The third kappa shape index (κ3) is 4.03. The Bertz CT molecular complexity index is 816. The van der Waals surface area contributed by atoms with Gasteiger partial charge in [-0.3, -0.25) is 9.59 Å². The van der Waals surface area contributed by atoms with Crippen molar-refractivity contribution in [2.45, 2.75) is 37.5 Å². The summed E-state index contributed by atoms with van der Waals surface area (Å²) in [7, 11) is -2.11. The van der Waals surface area contributed by atoms with E-state index in [9.17, 15) is 18.0 Å². The number of sulfonamides is 1. The van der Waals surface area contributed by atoms with Gasteiger partial charge < -0.3 is 15.2 Å². The summed E-state index contributed by atoms with van der Waals surface area (Å²) in [5.74, 6) is 0.0489. The van der Waals surface area contributed by atoms with Gasteiger partial charge in [0.25, 0.3) is 5.91 Å². The van der Waals surface area contributed by atoms with E-state index in [2.05, 4.69) is 6.92 Å². The van der Waals surface area contributed by atoms with E-state index in [0.29, 0.717) is 31.8 Å². The van der Waals surface area contributed by atoms with E-state index in [0.717, 1.165) is 25.9 Å². The van der Waals surface area contributed by atoms with Crippen LogP contribution in [0.3, 0.4) is 0 Å². The number of amides is 2. The molecular formula is C18H28N4O4S. The minimum absolute atomic E-state index is 0.0635. The van der Waals surface area contributed by atoms with Crippen LogP contribution in [-0.4, -0.2) is 60.2 Å². The Kier molecular flexibility index (Phi) is 5.62. The first-order chi connectivity index (χ1) is 12.7. The standard InChI is InChI=1S/C18H28N4O4S/c1-13-3-7-21(8-4-13)18(24)14-5-9-22(10-6-14)27(25,26)15-11-16(17(19)23)20(2)12-15/h11-14H,3-10H2,1-2H3,(H2,19,23). The molecule has 27 heavy (non-hydrogen) atoms. The van der Waals surface area contributed by atoms with Gasteiger partial charge in [0.1, 0.15) is 10.6 Å². The molecule has 2 aliphatic rings. The Morgan fingerprint density at radius 2 is 1.67 bits per heavy atom. The number of carbonyl (C=O) groups excluding carboxylic acids is 2. The second kappa shape index (κ2) is 7.63. The molecule has 3 rings (SSSR count). The van der Waals surface area contributed by atoms with Gasteiger partial charge in [0.2, 0.25) is 15.9 Å². The zero-order valence-corrected chi connectivity index (χ0v) is 16.7. The highest BCUT2D eigenvalue weighted by Gasteiger charge is 2.35. The topological polar surface area (TPSA) is 106 Å². The maximum absolute atomic E-state index is 12.9. The number of piperidine rings is 2. The lowest BCUT2D eigenvalue weighted by Gasteiger charge is -2.36. The molecule has 1 aromatic rings. The molecule has 2 fully saturated rings. The monoisotopic (exact) mass is 396 g/mol. The highest BCUT2D eigenvalue weighted by atomic mass is 32.2. The number of hydrogen-bond donors (Lipinski definition) is 1. The summed E-state index contributed by atoms with van der Waals surface area (Å²) < 4.78 is 28.5. The van der Waals surface area contributed by atoms with Crippen molar-refractivity contribution in [3.63, 3.8) is 0 Å². The third-order valence-corrected chi connectivity index (χ3v) is 7.63. The van der Waals surface area contributed by atoms with Crippen LogP contribution in [0.15, 0.2) is 17.2 Å². The van der Waals surface area contributed by atoms with Gasteiger partial charge in [0, 0.05) is 45.3 Å². The first-order valence-electron chi connectivity index (χ1n) is 9.45. The van der Waals surface area contributed by atoms with Gasteiger partial charge in [-0.15, -0.1) is 0 Å². The van der Waals surface area contributed by atoms with Crippen molar-refractivity contribution in [2.75, 3.05) is 26.2 Å². The molecule has 0 saturated carbocycles. The molecule has 2 amide bonds. The van der Waals surface area contributed by atoms with Gasteiger partial charge in [0.05, 0.1) is 0 Å². The number of hydrogen-bond acceptors (Lipinski definition) is 4. The second-order valence-corrected chi connectivity index (χ2v) is 9.66. The van der Waals surface area contributed by atoms with Gasteiger partial charge in [0.15, 0.2) is 0 Å². The van der Waals surface area contributed by atoms with E-state index in [1.165, 1.54) is 21.1 Å². The van der Waals surface area contributed by atoms with Crippen molar-refractivity contribution in [2.24, 2.45) is 24.6 Å². The molecule has 150 valence electrons. The lowest BCUT2D eigenvalue weighted by atomic mass is 9.93. The van der Waals surface area contributed by atoms with Crippen LogP contribution in [0.5, 0.6) is 0 Å². The second-order valence-electron chi connectivity index (χ2n) is 7.72. The highest BCUT2D eigenvalue weighted by Crippen LogP contribution is 2.27. The zero-order valence-electron chi connectivity index (χ0n) is 15.9. The molecule has 1 aromatic heterocycles. The molecule has 9 heteroatoms. The summed E-state index contributed by atoms with van der Waals surface area (Å²) >= 11 is 0. The molecule has 0 unspecified atom stereocenters. The van der Waals surface area contributed by atoms with Crippen molar-refractivity contribution < 1.29 is 18.0 Å². The maximum Gasteiger partial charge on any atom is 0.265 e. The number of rotatable bonds is 4. The van der Waals surface area contributed by atoms with Gasteiger partial charge in [-0.25, -0.2) is 8.42 Å². The summed E-state index contributed by atoms with van der Waals surface area (Å²) in [6.07, 6.45) is 4.53. The fraction of sp³-hybridized carbons (Fsp3) is 0.667. The van der Waals surface area contributed by atoms with Crippen molar-refractivity contribution in [1.82, 2.24) is 13.8 Å². The Hall–Kier alpha value is -1.87. The number of nitrogens with zero attached hydrogens (tertiary/aromatic N) is 3. The number of primary amides is 1. The first kappa shape index (κ1) is 19.9. The summed E-state index contributed by atoms with van der Waals surface area (Å²) in [6, 6.07) is 1.31. The van der Waals surface area contributed by atoms with Crippen LogP contribution in [0.1, 0.15) is 43.1 Å². The quantitative estimate of drug-likeness (QED) is 0.812. The number of nitrogens with two attached hydrogens (primary N) is 1. The van der Waals surface area contributed by atoms with Gasteiger partial charge >= 0.3 is 0 Å². The van der Waals surface area contributed by atoms with E-state index >= 15 is 0 Å². The van der Waals surface area contributed by atoms with E-state index < -0.39 is 15.9 Å². The molecule has 2 N–H and O–H groups in total. The van der Waals surface area contributed by atoms with Crippen LogP contribution < -0.4 is 5.73 Å². The van der Waals surface area contributed by atoms with Crippen molar-refractivity contribution in [1.29, 1.82) is 0 Å². The molecule has 0 atom stereocenters. The number of aromatic nitrogens is 1. The predicted octanol–water partition coefficient (Wildman–Crippen LogP) is 0.783. The Labute approximate surface area is 160 Å². The SMILES string of the molecule is CC1CCN(C(=O)C2CCN(S(=O)(=O)c3cc(C(N)=O)n(C)c3)CC2)CC1. The fourth-order valence-corrected chi connectivity index (χ4v) is 5.44. The minimum atomic E-state index is -3.70. The molecule has 0 radical (unpaired) electrons. The molecule has 0 bridgehead atoms. The van der Waals surface area contributed by atoms with E-state index in [4.69, 9.17) is 5.73 Å². The lowest BCUT2D eigenvalue weighted by molar-refractivity contribution is -0.138. The van der Waals surface area contributed by atoms with E-state index in [-0.39, 0.29) is 22.4 Å². The average Bonchev–Trinajstić information content (AvgIpc) is 3.05. The van der Waals surface area contributed by atoms with Crippen molar-refractivity contribution in [3.05, 3.63) is 18.0 Å². The van der Waals surface area contributed by atoms with Crippen molar-refractivity contribution in [3.8, 4) is 0 Å². The summed E-state index contributed by atoms with van der Waals surface area (Å²) in [5.41, 5.74) is 5.42. The van der Waals surface area contributed by atoms with Gasteiger partial charge in [-0.1, -0.05) is 6.92 Å².